The first-order valence-electron chi connectivity index (χ1n) is 7.37. The Labute approximate surface area is 123 Å². The molecule has 2 unspecified atom stereocenters. The minimum atomic E-state index is -0.259. The van der Waals surface area contributed by atoms with E-state index in [1.54, 1.807) is 14.2 Å². The van der Waals surface area contributed by atoms with Gasteiger partial charge in [0.25, 0.3) is 0 Å². The predicted octanol–water partition coefficient (Wildman–Crippen LogP) is 3.78. The van der Waals surface area contributed by atoms with Crippen LogP contribution in [0.4, 0.5) is 0 Å². The number of rotatable bonds is 7. The summed E-state index contributed by atoms with van der Waals surface area (Å²) in [5.74, 6) is 0.965. The lowest BCUT2D eigenvalue weighted by atomic mass is 9.85. The molecule has 0 radical (unpaired) electrons. The van der Waals surface area contributed by atoms with Crippen LogP contribution in [0.1, 0.15) is 49.9 Å². The Balaban J connectivity index is 3.39. The number of benzene rings is 1. The van der Waals surface area contributed by atoms with E-state index in [0.29, 0.717) is 0 Å². The van der Waals surface area contributed by atoms with Crippen molar-refractivity contribution in [3.63, 3.8) is 0 Å². The van der Waals surface area contributed by atoms with Crippen LogP contribution < -0.4 is 10.1 Å². The van der Waals surface area contributed by atoms with Gasteiger partial charge in [-0.2, -0.15) is 0 Å². The lowest BCUT2D eigenvalue weighted by Crippen LogP contribution is -2.43. The van der Waals surface area contributed by atoms with Crippen LogP contribution in [0.3, 0.4) is 0 Å². The van der Waals surface area contributed by atoms with E-state index in [2.05, 4.69) is 52.1 Å². The van der Waals surface area contributed by atoms with Gasteiger partial charge in [0.1, 0.15) is 5.75 Å². The Kier molecular flexibility index (Phi) is 6.03. The van der Waals surface area contributed by atoms with Gasteiger partial charge in [0.05, 0.1) is 18.8 Å². The van der Waals surface area contributed by atoms with Gasteiger partial charge in [-0.1, -0.05) is 26.0 Å². The standard InChI is InChI=1S/C17H29NO2/c1-8-17(5,20-7)16(18-9-2)14-11-10-12(3)13(4)15(14)19-6/h10-11,16,18H,8-9H2,1-7H3. The highest BCUT2D eigenvalue weighted by molar-refractivity contribution is 5.47. The summed E-state index contributed by atoms with van der Waals surface area (Å²) >= 11 is 0. The normalized spacial score (nSPS) is 15.8. The van der Waals surface area contributed by atoms with Crippen molar-refractivity contribution in [1.82, 2.24) is 5.32 Å². The lowest BCUT2D eigenvalue weighted by molar-refractivity contribution is -0.0301. The van der Waals surface area contributed by atoms with E-state index in [4.69, 9.17) is 9.47 Å². The van der Waals surface area contributed by atoms with E-state index in [1.165, 1.54) is 16.7 Å². The number of hydrogen-bond donors (Lipinski definition) is 1. The summed E-state index contributed by atoms with van der Waals surface area (Å²) in [5.41, 5.74) is 3.35. The fraction of sp³-hybridized carbons (Fsp3) is 0.647. The predicted molar refractivity (Wildman–Crippen MR) is 84.6 cm³/mol. The van der Waals surface area contributed by atoms with Crippen molar-refractivity contribution in [2.45, 2.75) is 52.7 Å². The molecule has 0 spiro atoms. The SMILES string of the molecule is CCNC(c1ccc(C)c(C)c1OC)C(C)(CC)OC. The molecule has 3 nitrogen and oxygen atoms in total. The van der Waals surface area contributed by atoms with E-state index < -0.39 is 0 Å². The van der Waals surface area contributed by atoms with Gasteiger partial charge >= 0.3 is 0 Å². The molecule has 1 N–H and O–H groups in total. The Bertz CT molecular complexity index is 439. The third kappa shape index (κ3) is 3.15. The zero-order valence-corrected chi connectivity index (χ0v) is 14.0. The maximum atomic E-state index is 5.81. The molecule has 0 aliphatic carbocycles. The van der Waals surface area contributed by atoms with Crippen LogP contribution in [0.25, 0.3) is 0 Å². The molecule has 0 saturated heterocycles. The Morgan fingerprint density at radius 3 is 2.30 bits per heavy atom. The molecule has 0 heterocycles. The Morgan fingerprint density at radius 2 is 1.85 bits per heavy atom. The average Bonchev–Trinajstić information content (AvgIpc) is 2.47. The second-order valence-electron chi connectivity index (χ2n) is 5.49. The molecule has 1 rings (SSSR count). The van der Waals surface area contributed by atoms with Crippen molar-refractivity contribution in [1.29, 1.82) is 0 Å². The van der Waals surface area contributed by atoms with Gasteiger partial charge in [-0.3, -0.25) is 0 Å². The summed E-state index contributed by atoms with van der Waals surface area (Å²) in [5, 5.41) is 3.56. The van der Waals surface area contributed by atoms with Crippen LogP contribution >= 0.6 is 0 Å². The van der Waals surface area contributed by atoms with Crippen LogP contribution in [0.2, 0.25) is 0 Å². The van der Waals surface area contributed by atoms with Crippen LogP contribution in [0.15, 0.2) is 12.1 Å². The van der Waals surface area contributed by atoms with Crippen molar-refractivity contribution in [2.75, 3.05) is 20.8 Å². The molecule has 20 heavy (non-hydrogen) atoms. The van der Waals surface area contributed by atoms with Crippen molar-refractivity contribution in [2.24, 2.45) is 0 Å². The first kappa shape index (κ1) is 17.0. The number of ether oxygens (including phenoxy) is 2. The molecule has 3 heteroatoms. The first-order chi connectivity index (χ1) is 9.45. The smallest absolute Gasteiger partial charge is 0.126 e. The Morgan fingerprint density at radius 1 is 1.20 bits per heavy atom. The number of hydrogen-bond acceptors (Lipinski definition) is 3. The van der Waals surface area contributed by atoms with E-state index in [9.17, 15) is 0 Å². The zero-order valence-electron chi connectivity index (χ0n) is 14.0. The molecule has 0 bridgehead atoms. The number of methoxy groups -OCH3 is 2. The summed E-state index contributed by atoms with van der Waals surface area (Å²) in [6.07, 6.45) is 0.928. The summed E-state index contributed by atoms with van der Waals surface area (Å²) in [4.78, 5) is 0. The minimum Gasteiger partial charge on any atom is -0.496 e. The van der Waals surface area contributed by atoms with Crippen LogP contribution in [0, 0.1) is 13.8 Å². The fourth-order valence-electron chi connectivity index (χ4n) is 2.63. The monoisotopic (exact) mass is 279 g/mol. The topological polar surface area (TPSA) is 30.5 Å². The molecule has 0 amide bonds. The van der Waals surface area contributed by atoms with E-state index in [0.717, 1.165) is 18.7 Å². The average molecular weight is 279 g/mol. The molecular weight excluding hydrogens is 250 g/mol. The zero-order chi connectivity index (χ0) is 15.3. The maximum Gasteiger partial charge on any atom is 0.126 e. The summed E-state index contributed by atoms with van der Waals surface area (Å²) in [6, 6.07) is 4.42. The lowest BCUT2D eigenvalue weighted by Gasteiger charge is -2.37. The van der Waals surface area contributed by atoms with Crippen molar-refractivity contribution >= 4 is 0 Å². The summed E-state index contributed by atoms with van der Waals surface area (Å²) in [6.45, 7) is 11.5. The van der Waals surface area contributed by atoms with Gasteiger partial charge in [-0.25, -0.2) is 0 Å². The van der Waals surface area contributed by atoms with Crippen molar-refractivity contribution in [3.05, 3.63) is 28.8 Å². The summed E-state index contributed by atoms with van der Waals surface area (Å²) < 4.78 is 11.5. The van der Waals surface area contributed by atoms with Gasteiger partial charge in [0.2, 0.25) is 0 Å². The molecule has 1 aromatic rings. The second kappa shape index (κ2) is 7.09. The van der Waals surface area contributed by atoms with Gasteiger partial charge in [0.15, 0.2) is 0 Å². The molecule has 0 aromatic heterocycles. The van der Waals surface area contributed by atoms with Crippen LogP contribution in [0.5, 0.6) is 5.75 Å². The van der Waals surface area contributed by atoms with Gasteiger partial charge in [0, 0.05) is 12.7 Å². The number of likely N-dealkylation sites (N-methyl/N-ethyl adjacent to an activating group) is 1. The van der Waals surface area contributed by atoms with E-state index in [-0.39, 0.29) is 11.6 Å². The largest absolute Gasteiger partial charge is 0.496 e. The highest BCUT2D eigenvalue weighted by Gasteiger charge is 2.35. The van der Waals surface area contributed by atoms with Crippen molar-refractivity contribution in [3.8, 4) is 5.75 Å². The molecule has 114 valence electrons. The fourth-order valence-corrected chi connectivity index (χ4v) is 2.63. The molecular formula is C17H29NO2. The van der Waals surface area contributed by atoms with E-state index >= 15 is 0 Å². The van der Waals surface area contributed by atoms with Crippen molar-refractivity contribution < 1.29 is 9.47 Å². The molecule has 0 aliphatic rings. The highest BCUT2D eigenvalue weighted by Crippen LogP contribution is 2.38. The molecule has 0 saturated carbocycles. The van der Waals surface area contributed by atoms with Gasteiger partial charge in [-0.05, 0) is 44.9 Å². The minimum absolute atomic E-state index is 0.108. The van der Waals surface area contributed by atoms with Crippen LogP contribution in [-0.2, 0) is 4.74 Å². The van der Waals surface area contributed by atoms with E-state index in [1.807, 2.05) is 0 Å². The number of aryl methyl sites for hydroxylation is 1. The first-order valence-corrected chi connectivity index (χ1v) is 7.37. The highest BCUT2D eigenvalue weighted by atomic mass is 16.5. The second-order valence-corrected chi connectivity index (χ2v) is 5.49. The molecule has 1 aromatic carbocycles. The van der Waals surface area contributed by atoms with Crippen LogP contribution in [-0.4, -0.2) is 26.4 Å². The molecule has 2 atom stereocenters. The summed E-state index contributed by atoms with van der Waals surface area (Å²) in [7, 11) is 3.52. The van der Waals surface area contributed by atoms with Gasteiger partial charge < -0.3 is 14.8 Å². The third-order valence-corrected chi connectivity index (χ3v) is 4.41. The quantitative estimate of drug-likeness (QED) is 0.824. The molecule has 0 fully saturated rings. The maximum absolute atomic E-state index is 5.81. The Hall–Kier alpha value is -1.06. The molecule has 0 aliphatic heterocycles. The van der Waals surface area contributed by atoms with Gasteiger partial charge in [-0.15, -0.1) is 0 Å². The third-order valence-electron chi connectivity index (χ3n) is 4.41. The number of nitrogens with one attached hydrogen (secondary N) is 1.